The van der Waals surface area contributed by atoms with E-state index in [1.807, 2.05) is 0 Å². The number of aromatic nitrogens is 4. The molecule has 238 valence electrons. The molecule has 0 amide bonds. The Morgan fingerprint density at radius 1 is 0.804 bits per heavy atom. The summed E-state index contributed by atoms with van der Waals surface area (Å²) in [6.07, 6.45) is 18.1. The zero-order valence-electron chi connectivity index (χ0n) is 27.7. The Balaban J connectivity index is 1.07. The van der Waals surface area contributed by atoms with Crippen LogP contribution in [0.4, 0.5) is 0 Å². The molecule has 2 aromatic carbocycles. The topological polar surface area (TPSA) is 81.4 Å². The number of imidazole rings is 2. The van der Waals surface area contributed by atoms with Gasteiger partial charge in [0.25, 0.3) is 0 Å². The highest BCUT2D eigenvalue weighted by Gasteiger charge is 2.44. The van der Waals surface area contributed by atoms with Crippen LogP contribution in [0.15, 0.2) is 48.7 Å². The van der Waals surface area contributed by atoms with Crippen molar-refractivity contribution >= 4 is 22.2 Å². The molecule has 1 unspecified atom stereocenters. The molecule has 2 saturated heterocycles. The second kappa shape index (κ2) is 11.1. The van der Waals surface area contributed by atoms with Crippen molar-refractivity contribution < 1.29 is 0 Å². The maximum Gasteiger partial charge on any atom is 0.124 e. The summed E-state index contributed by atoms with van der Waals surface area (Å²) in [5.74, 6) is 4.02. The van der Waals surface area contributed by atoms with Gasteiger partial charge in [-0.05, 0) is 132 Å². The van der Waals surface area contributed by atoms with Crippen LogP contribution in [-0.4, -0.2) is 33.0 Å². The molecule has 0 radical (unpaired) electrons. The third-order valence-electron chi connectivity index (χ3n) is 12.2. The maximum atomic E-state index is 4.99. The fourth-order valence-corrected chi connectivity index (χ4v) is 9.77. The number of hydrogen-bond donors (Lipinski definition) is 4. The fourth-order valence-electron chi connectivity index (χ4n) is 9.77. The smallest absolute Gasteiger partial charge is 0.124 e. The van der Waals surface area contributed by atoms with Gasteiger partial charge in [0.05, 0.1) is 35.0 Å². The van der Waals surface area contributed by atoms with E-state index in [4.69, 9.17) is 9.97 Å². The number of H-pyrrole nitrogens is 2. The third-order valence-corrected chi connectivity index (χ3v) is 12.2. The van der Waals surface area contributed by atoms with Crippen molar-refractivity contribution in [2.24, 2.45) is 17.8 Å². The number of benzene rings is 2. The Labute approximate surface area is 273 Å². The molecular weight excluding hydrogens is 564 g/mol. The van der Waals surface area contributed by atoms with E-state index in [1.54, 1.807) is 11.1 Å². The van der Waals surface area contributed by atoms with Gasteiger partial charge in [0, 0.05) is 0 Å². The lowest BCUT2D eigenvalue weighted by atomic mass is 9.74. The number of aromatic amines is 2. The number of rotatable bonds is 5. The van der Waals surface area contributed by atoms with Gasteiger partial charge in [-0.3, -0.25) is 0 Å². The molecule has 2 aromatic heterocycles. The van der Waals surface area contributed by atoms with Crippen molar-refractivity contribution in [1.29, 1.82) is 0 Å². The van der Waals surface area contributed by atoms with Gasteiger partial charge < -0.3 is 20.6 Å². The van der Waals surface area contributed by atoms with Gasteiger partial charge >= 0.3 is 0 Å². The van der Waals surface area contributed by atoms with Gasteiger partial charge in [0.1, 0.15) is 11.6 Å². The fraction of sp³-hybridized carbons (Fsp3) is 0.500. The van der Waals surface area contributed by atoms with Crippen LogP contribution < -0.4 is 10.6 Å². The van der Waals surface area contributed by atoms with E-state index in [1.165, 1.54) is 72.1 Å². The molecule has 3 aliphatic carbocycles. The second-order valence-corrected chi connectivity index (χ2v) is 15.6. The highest BCUT2D eigenvalue weighted by Crippen LogP contribution is 2.55. The molecule has 4 N–H and O–H groups in total. The van der Waals surface area contributed by atoms with Crippen molar-refractivity contribution in [1.82, 2.24) is 30.6 Å². The average molecular weight is 613 g/mol. The molecule has 6 heteroatoms. The van der Waals surface area contributed by atoms with Crippen LogP contribution in [-0.2, 0) is 11.8 Å². The number of hydrogen-bond acceptors (Lipinski definition) is 4. The summed E-state index contributed by atoms with van der Waals surface area (Å²) >= 11 is 0. The number of nitrogens with one attached hydrogen (secondary N) is 4. The van der Waals surface area contributed by atoms with E-state index in [0.29, 0.717) is 35.3 Å². The lowest BCUT2D eigenvalue weighted by molar-refractivity contribution is 0.438. The van der Waals surface area contributed by atoms with Crippen LogP contribution in [0.5, 0.6) is 0 Å². The first-order chi connectivity index (χ1) is 22.4. The quantitative estimate of drug-likeness (QED) is 0.182. The Morgan fingerprint density at radius 3 is 2.30 bits per heavy atom. The Morgan fingerprint density at radius 2 is 1.57 bits per heavy atom. The van der Waals surface area contributed by atoms with Crippen molar-refractivity contribution in [2.75, 3.05) is 13.1 Å². The van der Waals surface area contributed by atoms with Gasteiger partial charge in [-0.15, -0.1) is 0 Å². The molecule has 4 aromatic rings. The van der Waals surface area contributed by atoms with Crippen LogP contribution in [0.1, 0.15) is 118 Å². The third kappa shape index (κ3) is 4.74. The molecule has 5 atom stereocenters. The summed E-state index contributed by atoms with van der Waals surface area (Å²) in [4.78, 5) is 17.2. The average Bonchev–Trinajstić information content (AvgIpc) is 3.91. The van der Waals surface area contributed by atoms with E-state index < -0.39 is 0 Å². The predicted molar refractivity (Wildman–Crippen MR) is 187 cm³/mol. The Bertz CT molecular complexity index is 1870. The highest BCUT2D eigenvalue weighted by atomic mass is 15.1. The minimum Gasteiger partial charge on any atom is -0.341 e. The number of allylic oxidation sites excluding steroid dienone is 4. The lowest BCUT2D eigenvalue weighted by Gasteiger charge is -2.30. The van der Waals surface area contributed by atoms with Gasteiger partial charge in [0.2, 0.25) is 0 Å². The van der Waals surface area contributed by atoms with Crippen molar-refractivity contribution in [2.45, 2.75) is 96.1 Å². The molecule has 5 aliphatic rings. The molecule has 0 bridgehead atoms. The molecule has 2 aliphatic heterocycles. The summed E-state index contributed by atoms with van der Waals surface area (Å²) < 4.78 is 0. The molecule has 4 heterocycles. The summed E-state index contributed by atoms with van der Waals surface area (Å²) in [6, 6.07) is 12.5. The number of nitrogens with zero attached hydrogens (tertiary/aromatic N) is 2. The normalized spacial score (nSPS) is 28.7. The van der Waals surface area contributed by atoms with E-state index in [2.05, 4.69) is 90.1 Å². The van der Waals surface area contributed by atoms with Gasteiger partial charge in [0.15, 0.2) is 0 Å². The predicted octanol–water partition coefficient (Wildman–Crippen LogP) is 8.56. The first-order valence-electron chi connectivity index (χ1n) is 18.0. The summed E-state index contributed by atoms with van der Waals surface area (Å²) in [5.41, 5.74) is 14.2. The van der Waals surface area contributed by atoms with Crippen molar-refractivity contribution in [3.8, 4) is 11.1 Å². The number of fused-ring (bicyclic) bond motifs is 3. The molecule has 1 saturated carbocycles. The van der Waals surface area contributed by atoms with Gasteiger partial charge in [-0.2, -0.15) is 0 Å². The monoisotopic (exact) mass is 612 g/mol. The summed E-state index contributed by atoms with van der Waals surface area (Å²) in [5, 5.41) is 7.28. The SMILES string of the molecule is CC1CC(c2ccc(-c3ccc4nc([C@@H]5C[C@H](C)CN5)[nH]c4c3)c3c2C2(CCCC2)CC3)=CC=C1c1cnc([C@@H]2C[C@H](C)CN2)[nH]1. The summed E-state index contributed by atoms with van der Waals surface area (Å²) in [6.45, 7) is 9.17. The first kappa shape index (κ1) is 28.7. The first-order valence-corrected chi connectivity index (χ1v) is 18.0. The van der Waals surface area contributed by atoms with Crippen LogP contribution in [0.3, 0.4) is 0 Å². The zero-order valence-corrected chi connectivity index (χ0v) is 27.7. The molecule has 46 heavy (non-hydrogen) atoms. The van der Waals surface area contributed by atoms with Crippen LogP contribution >= 0.6 is 0 Å². The van der Waals surface area contributed by atoms with Crippen molar-refractivity contribution in [3.05, 3.63) is 82.7 Å². The molecule has 1 spiro atoms. The second-order valence-electron chi connectivity index (χ2n) is 15.6. The molecule has 3 fully saturated rings. The highest BCUT2D eigenvalue weighted by molar-refractivity contribution is 5.86. The minimum atomic E-state index is 0.334. The zero-order chi connectivity index (χ0) is 31.0. The van der Waals surface area contributed by atoms with E-state index >= 15 is 0 Å². The van der Waals surface area contributed by atoms with E-state index in [9.17, 15) is 0 Å². The largest absolute Gasteiger partial charge is 0.341 e. The van der Waals surface area contributed by atoms with E-state index in [0.717, 1.165) is 55.0 Å². The Hall–Kier alpha value is -3.48. The molecule has 6 nitrogen and oxygen atoms in total. The van der Waals surface area contributed by atoms with Crippen LogP contribution in [0.25, 0.3) is 33.3 Å². The van der Waals surface area contributed by atoms with E-state index in [-0.39, 0.29) is 0 Å². The van der Waals surface area contributed by atoms with Gasteiger partial charge in [-0.25, -0.2) is 9.97 Å². The maximum absolute atomic E-state index is 4.99. The van der Waals surface area contributed by atoms with Gasteiger partial charge in [-0.1, -0.05) is 64.0 Å². The van der Waals surface area contributed by atoms with Crippen LogP contribution in [0, 0.1) is 17.8 Å². The standard InChI is InChI=1S/C40H48N6/c1-23-16-34(41-20-23)38-43-22-36(46-38)28-8-6-26(18-25(28)3)30-10-9-29(31-12-15-40(37(30)31)13-4-5-14-40)27-7-11-32-33(19-27)45-39(44-32)35-17-24(2)21-42-35/h6-11,19,22-25,34-35,41-42H,4-5,12-18,20-21H2,1-3H3,(H,43,46)(H,44,45)/t23-,24-,25?,34-,35-/m0/s1. The lowest BCUT2D eigenvalue weighted by Crippen LogP contribution is -2.20. The molecular formula is C40H48N6. The molecule has 9 rings (SSSR count). The minimum absolute atomic E-state index is 0.334. The van der Waals surface area contributed by atoms with Crippen LogP contribution in [0.2, 0.25) is 0 Å². The van der Waals surface area contributed by atoms with Crippen molar-refractivity contribution in [3.63, 3.8) is 0 Å². The summed E-state index contributed by atoms with van der Waals surface area (Å²) in [7, 11) is 0. The Kier molecular flexibility index (Phi) is 6.90.